The topological polar surface area (TPSA) is 90.0 Å². The average molecular weight is 498 g/mol. The van der Waals surface area contributed by atoms with Crippen LogP contribution in [0.25, 0.3) is 6.08 Å². The molecule has 2 amide bonds. The molecular weight excluding hydrogens is 482 g/mol. The highest BCUT2D eigenvalue weighted by molar-refractivity contribution is 9.10. The van der Waals surface area contributed by atoms with E-state index in [4.69, 9.17) is 8.92 Å². The predicted octanol–water partition coefficient (Wildman–Crippen LogP) is 4.03. The van der Waals surface area contributed by atoms with Crippen LogP contribution >= 0.6 is 27.7 Å². The molecule has 29 heavy (non-hydrogen) atoms. The van der Waals surface area contributed by atoms with Gasteiger partial charge in [-0.2, -0.15) is 8.42 Å². The second-order valence-electron chi connectivity index (χ2n) is 6.06. The van der Waals surface area contributed by atoms with E-state index >= 15 is 0 Å². The average Bonchev–Trinajstić information content (AvgIpc) is 2.91. The number of ether oxygens (including phenoxy) is 1. The molecule has 152 valence electrons. The summed E-state index contributed by atoms with van der Waals surface area (Å²) in [5.41, 5.74) is 1.38. The lowest BCUT2D eigenvalue weighted by Crippen LogP contribution is -2.27. The molecule has 0 spiro atoms. The summed E-state index contributed by atoms with van der Waals surface area (Å²) in [7, 11) is -2.34. The van der Waals surface area contributed by atoms with Crippen LogP contribution in [0.2, 0.25) is 0 Å². The van der Waals surface area contributed by atoms with Gasteiger partial charge in [0.15, 0.2) is 11.5 Å². The number of halogens is 1. The molecular formula is C19H16BrNO6S2. The lowest BCUT2D eigenvalue weighted by molar-refractivity contribution is -0.123. The summed E-state index contributed by atoms with van der Waals surface area (Å²) in [4.78, 5) is 26.5. The predicted molar refractivity (Wildman–Crippen MR) is 114 cm³/mol. The van der Waals surface area contributed by atoms with Crippen molar-refractivity contribution in [3.05, 3.63) is 63.0 Å². The van der Waals surface area contributed by atoms with Gasteiger partial charge in [-0.05, 0) is 47.2 Å². The Balaban J connectivity index is 1.84. The molecule has 1 aliphatic rings. The van der Waals surface area contributed by atoms with Crippen molar-refractivity contribution >= 4 is 55.0 Å². The first-order valence-electron chi connectivity index (χ1n) is 8.24. The zero-order valence-corrected chi connectivity index (χ0v) is 18.6. The first-order chi connectivity index (χ1) is 13.7. The van der Waals surface area contributed by atoms with E-state index in [1.54, 1.807) is 12.1 Å². The van der Waals surface area contributed by atoms with Gasteiger partial charge in [0.2, 0.25) is 0 Å². The fourth-order valence-corrected chi connectivity index (χ4v) is 4.30. The molecule has 0 atom stereocenters. The Bertz CT molecular complexity index is 1110. The molecule has 0 aliphatic carbocycles. The summed E-state index contributed by atoms with van der Waals surface area (Å²) in [6.07, 6.45) is 2.49. The number of carbonyl (C=O) groups excluding carboxylic acids is 2. The highest BCUT2D eigenvalue weighted by atomic mass is 79.9. The maximum atomic E-state index is 12.7. The van der Waals surface area contributed by atoms with Crippen molar-refractivity contribution in [3.8, 4) is 11.5 Å². The third-order valence-electron chi connectivity index (χ3n) is 3.89. The number of carbonyl (C=O) groups is 2. The minimum Gasteiger partial charge on any atom is -0.493 e. The highest BCUT2D eigenvalue weighted by Gasteiger charge is 2.35. The molecule has 1 heterocycles. The van der Waals surface area contributed by atoms with Crippen molar-refractivity contribution in [1.29, 1.82) is 0 Å². The monoisotopic (exact) mass is 497 g/mol. The van der Waals surface area contributed by atoms with Gasteiger partial charge in [-0.3, -0.25) is 14.5 Å². The van der Waals surface area contributed by atoms with E-state index < -0.39 is 16.0 Å². The van der Waals surface area contributed by atoms with Crippen LogP contribution < -0.4 is 8.92 Å². The third-order valence-corrected chi connectivity index (χ3v) is 6.05. The smallest absolute Gasteiger partial charge is 0.306 e. The van der Waals surface area contributed by atoms with E-state index in [2.05, 4.69) is 15.9 Å². The quantitative estimate of drug-likeness (QED) is 0.439. The van der Waals surface area contributed by atoms with Crippen LogP contribution in [0.1, 0.15) is 11.1 Å². The summed E-state index contributed by atoms with van der Waals surface area (Å²) in [5.74, 6) is -0.169. The van der Waals surface area contributed by atoms with E-state index in [-0.39, 0.29) is 28.2 Å². The summed E-state index contributed by atoms with van der Waals surface area (Å²) in [5, 5.41) is -0.360. The second-order valence-corrected chi connectivity index (χ2v) is 9.48. The molecule has 0 bridgehead atoms. The van der Waals surface area contributed by atoms with E-state index in [1.165, 1.54) is 24.1 Å². The molecule has 0 N–H and O–H groups in total. The molecule has 1 aliphatic heterocycles. The maximum Gasteiger partial charge on any atom is 0.306 e. The molecule has 0 radical (unpaired) electrons. The van der Waals surface area contributed by atoms with E-state index in [9.17, 15) is 18.0 Å². The molecule has 0 saturated carbocycles. The zero-order valence-electron chi connectivity index (χ0n) is 15.4. The first kappa shape index (κ1) is 21.4. The number of amides is 2. The molecule has 1 saturated heterocycles. The normalized spacial score (nSPS) is 15.8. The summed E-state index contributed by atoms with van der Waals surface area (Å²) in [6.45, 7) is 0.161. The molecule has 7 nitrogen and oxygen atoms in total. The molecule has 0 aromatic heterocycles. The van der Waals surface area contributed by atoms with Gasteiger partial charge < -0.3 is 8.92 Å². The van der Waals surface area contributed by atoms with Crippen LogP contribution in [0.3, 0.4) is 0 Å². The van der Waals surface area contributed by atoms with Gasteiger partial charge >= 0.3 is 10.1 Å². The Morgan fingerprint density at radius 3 is 2.52 bits per heavy atom. The Labute approximate surface area is 180 Å². The number of rotatable bonds is 6. The fourth-order valence-electron chi connectivity index (χ4n) is 2.59. The van der Waals surface area contributed by atoms with Crippen molar-refractivity contribution in [2.45, 2.75) is 6.54 Å². The zero-order chi connectivity index (χ0) is 21.2. The van der Waals surface area contributed by atoms with E-state index in [1.807, 2.05) is 24.3 Å². The van der Waals surface area contributed by atoms with Crippen LogP contribution in [0.5, 0.6) is 11.5 Å². The Hall–Kier alpha value is -2.30. The Morgan fingerprint density at radius 1 is 1.14 bits per heavy atom. The molecule has 3 rings (SSSR count). The van der Waals surface area contributed by atoms with Gasteiger partial charge in [-0.15, -0.1) is 0 Å². The SMILES string of the molecule is COc1cc(/C=C2\SC(=O)N(Cc3ccccc3Br)C2=O)ccc1OS(C)(=O)=O. The standard InChI is InChI=1S/C19H16BrNO6S2/c1-26-16-9-12(7-8-15(16)27-29(2,24)25)10-17-18(22)21(19(23)28-17)11-13-5-3-4-6-14(13)20/h3-10H,11H2,1-2H3/b17-10-. The number of hydrogen-bond acceptors (Lipinski definition) is 7. The summed E-state index contributed by atoms with van der Waals surface area (Å²) < 4.78 is 33.5. The number of hydrogen-bond donors (Lipinski definition) is 0. The van der Waals surface area contributed by atoms with Gasteiger partial charge in [-0.25, -0.2) is 0 Å². The van der Waals surface area contributed by atoms with E-state index in [0.29, 0.717) is 5.56 Å². The molecule has 1 fully saturated rings. The number of methoxy groups -OCH3 is 1. The Morgan fingerprint density at radius 2 is 1.86 bits per heavy atom. The van der Waals surface area contributed by atoms with Crippen molar-refractivity contribution in [2.75, 3.05) is 13.4 Å². The van der Waals surface area contributed by atoms with Gasteiger partial charge in [0, 0.05) is 4.47 Å². The minimum absolute atomic E-state index is 0.0363. The van der Waals surface area contributed by atoms with Gasteiger partial charge in [0.1, 0.15) is 0 Å². The van der Waals surface area contributed by atoms with Crippen LogP contribution in [0.15, 0.2) is 51.8 Å². The van der Waals surface area contributed by atoms with Crippen LogP contribution in [0, 0.1) is 0 Å². The number of nitrogens with zero attached hydrogens (tertiary/aromatic N) is 1. The van der Waals surface area contributed by atoms with Gasteiger partial charge in [-0.1, -0.05) is 40.2 Å². The lowest BCUT2D eigenvalue weighted by atomic mass is 10.1. The third kappa shape index (κ3) is 5.20. The van der Waals surface area contributed by atoms with Crippen molar-refractivity contribution in [3.63, 3.8) is 0 Å². The highest BCUT2D eigenvalue weighted by Crippen LogP contribution is 2.36. The molecule has 0 unspecified atom stereocenters. The largest absolute Gasteiger partial charge is 0.493 e. The maximum absolute atomic E-state index is 12.7. The van der Waals surface area contributed by atoms with Crippen molar-refractivity contribution < 1.29 is 26.9 Å². The first-order valence-corrected chi connectivity index (χ1v) is 11.7. The molecule has 2 aromatic carbocycles. The fraction of sp³-hybridized carbons (Fsp3) is 0.158. The van der Waals surface area contributed by atoms with Gasteiger partial charge in [0.05, 0.1) is 24.8 Å². The number of imide groups is 1. The summed E-state index contributed by atoms with van der Waals surface area (Å²) >= 11 is 4.26. The minimum atomic E-state index is -3.71. The Kier molecular flexibility index (Phi) is 6.35. The molecule has 2 aromatic rings. The number of thioether (sulfide) groups is 1. The van der Waals surface area contributed by atoms with Crippen LogP contribution in [-0.4, -0.2) is 37.8 Å². The lowest BCUT2D eigenvalue weighted by Gasteiger charge is -2.13. The van der Waals surface area contributed by atoms with E-state index in [0.717, 1.165) is 28.1 Å². The van der Waals surface area contributed by atoms with Crippen molar-refractivity contribution in [2.24, 2.45) is 0 Å². The second kappa shape index (κ2) is 8.60. The van der Waals surface area contributed by atoms with Gasteiger partial charge in [0.25, 0.3) is 11.1 Å². The van der Waals surface area contributed by atoms with Crippen LogP contribution in [-0.2, 0) is 21.5 Å². The number of benzene rings is 2. The summed E-state index contributed by atoms with van der Waals surface area (Å²) in [6, 6.07) is 11.9. The molecule has 10 heteroatoms. The van der Waals surface area contributed by atoms with Crippen LogP contribution in [0.4, 0.5) is 4.79 Å². The van der Waals surface area contributed by atoms with Crippen molar-refractivity contribution in [1.82, 2.24) is 4.90 Å².